The van der Waals surface area contributed by atoms with Gasteiger partial charge in [0.15, 0.2) is 6.61 Å². The fraction of sp³-hybridized carbons (Fsp3) is 0.263. The lowest BCUT2D eigenvalue weighted by atomic mass is 10.1. The third-order valence-electron chi connectivity index (χ3n) is 4.34. The van der Waals surface area contributed by atoms with Gasteiger partial charge in [0.1, 0.15) is 0 Å². The van der Waals surface area contributed by atoms with Gasteiger partial charge in [-0.1, -0.05) is 19.1 Å². The molecule has 1 heterocycles. The minimum atomic E-state index is -0.875. The molecule has 1 atom stereocenters. The van der Waals surface area contributed by atoms with Crippen LogP contribution in [0.15, 0.2) is 47.4 Å². The average Bonchev–Trinajstić information content (AvgIpc) is 2.84. The van der Waals surface area contributed by atoms with E-state index in [0.29, 0.717) is 11.8 Å². The Morgan fingerprint density at radius 2 is 2.07 bits per heavy atom. The van der Waals surface area contributed by atoms with E-state index in [1.54, 1.807) is 16.7 Å². The van der Waals surface area contributed by atoms with E-state index in [1.165, 1.54) is 12.1 Å². The summed E-state index contributed by atoms with van der Waals surface area (Å²) in [5, 5.41) is 11.2. The van der Waals surface area contributed by atoms with Crippen LogP contribution in [0.4, 0.5) is 17.1 Å². The molecular weight excluding hydrogens is 382 g/mol. The second kappa shape index (κ2) is 8.30. The van der Waals surface area contributed by atoms with E-state index in [-0.39, 0.29) is 22.8 Å². The first-order chi connectivity index (χ1) is 13.4. The zero-order valence-electron chi connectivity index (χ0n) is 15.2. The summed E-state index contributed by atoms with van der Waals surface area (Å²) in [4.78, 5) is 37.9. The number of thioether (sulfide) groups is 1. The average molecular weight is 401 g/mol. The van der Waals surface area contributed by atoms with E-state index in [0.717, 1.165) is 23.1 Å². The van der Waals surface area contributed by atoms with E-state index in [2.05, 4.69) is 6.92 Å². The Morgan fingerprint density at radius 1 is 1.32 bits per heavy atom. The number of amides is 1. The maximum atomic E-state index is 12.7. The van der Waals surface area contributed by atoms with Gasteiger partial charge < -0.3 is 15.4 Å². The molecule has 146 valence electrons. The van der Waals surface area contributed by atoms with Crippen molar-refractivity contribution in [2.45, 2.75) is 23.5 Å². The lowest BCUT2D eigenvalue weighted by Gasteiger charge is -2.22. The van der Waals surface area contributed by atoms with Crippen LogP contribution in [0.3, 0.4) is 0 Å². The van der Waals surface area contributed by atoms with Crippen molar-refractivity contribution in [1.82, 2.24) is 0 Å². The Labute approximate surface area is 165 Å². The fourth-order valence-electron chi connectivity index (χ4n) is 2.86. The summed E-state index contributed by atoms with van der Waals surface area (Å²) in [6.07, 6.45) is 0.802. The molecule has 1 aliphatic rings. The first kappa shape index (κ1) is 19.7. The monoisotopic (exact) mass is 401 g/mol. The van der Waals surface area contributed by atoms with Crippen molar-refractivity contribution < 1.29 is 19.2 Å². The standard InChI is InChI=1S/C19H19N3O5S/c1-12-8-9-21(16-4-2-3-5-17(16)28-12)18(23)11-27-19(24)14-10-13(22(25)26)6-7-15(14)20/h2-7,10,12H,8-9,11,20H2,1H3. The third kappa shape index (κ3) is 4.25. The number of carbonyl (C=O) groups is 2. The Bertz CT molecular complexity index is 934. The van der Waals surface area contributed by atoms with Gasteiger partial charge in [0, 0.05) is 34.5 Å². The molecule has 1 unspecified atom stereocenters. The van der Waals surface area contributed by atoms with Gasteiger partial charge in [0.2, 0.25) is 0 Å². The number of ether oxygens (including phenoxy) is 1. The van der Waals surface area contributed by atoms with Crippen LogP contribution in [-0.2, 0) is 9.53 Å². The predicted octanol–water partition coefficient (Wildman–Crippen LogP) is 3.25. The van der Waals surface area contributed by atoms with Crippen LogP contribution in [0.5, 0.6) is 0 Å². The molecule has 0 saturated carbocycles. The first-order valence-corrected chi connectivity index (χ1v) is 9.52. The third-order valence-corrected chi connectivity index (χ3v) is 5.58. The smallest absolute Gasteiger partial charge is 0.341 e. The second-order valence-electron chi connectivity index (χ2n) is 6.34. The molecule has 3 rings (SSSR count). The number of fused-ring (bicyclic) bond motifs is 1. The quantitative estimate of drug-likeness (QED) is 0.362. The number of non-ortho nitro benzene ring substituents is 1. The van der Waals surface area contributed by atoms with Gasteiger partial charge in [-0.3, -0.25) is 14.9 Å². The maximum Gasteiger partial charge on any atom is 0.341 e. The number of benzene rings is 2. The summed E-state index contributed by atoms with van der Waals surface area (Å²) in [5.41, 5.74) is 6.14. The molecule has 0 aliphatic carbocycles. The van der Waals surface area contributed by atoms with Crippen molar-refractivity contribution in [2.24, 2.45) is 0 Å². The number of nitrogens with two attached hydrogens (primary N) is 1. The van der Waals surface area contributed by atoms with Crippen molar-refractivity contribution in [3.63, 3.8) is 0 Å². The minimum absolute atomic E-state index is 0.0494. The van der Waals surface area contributed by atoms with Crippen molar-refractivity contribution in [2.75, 3.05) is 23.8 Å². The summed E-state index contributed by atoms with van der Waals surface area (Å²) < 4.78 is 5.10. The number of nitro groups is 1. The summed E-state index contributed by atoms with van der Waals surface area (Å²) in [7, 11) is 0. The van der Waals surface area contributed by atoms with Gasteiger partial charge in [-0.15, -0.1) is 11.8 Å². The molecule has 1 aliphatic heterocycles. The summed E-state index contributed by atoms with van der Waals surface area (Å²) >= 11 is 1.70. The van der Waals surface area contributed by atoms with Crippen LogP contribution < -0.4 is 10.6 Å². The number of carbonyl (C=O) groups excluding carboxylic acids is 2. The summed E-state index contributed by atoms with van der Waals surface area (Å²) in [6, 6.07) is 11.1. The Morgan fingerprint density at radius 3 is 2.82 bits per heavy atom. The Kier molecular flexibility index (Phi) is 5.84. The van der Waals surface area contributed by atoms with Crippen LogP contribution in [-0.4, -0.2) is 35.2 Å². The number of anilines is 2. The van der Waals surface area contributed by atoms with Crippen LogP contribution in [0.25, 0.3) is 0 Å². The van der Waals surface area contributed by atoms with Gasteiger partial charge in [-0.05, 0) is 24.6 Å². The van der Waals surface area contributed by atoms with E-state index in [9.17, 15) is 19.7 Å². The van der Waals surface area contributed by atoms with Crippen molar-refractivity contribution >= 4 is 40.7 Å². The number of hydrogen-bond acceptors (Lipinski definition) is 7. The molecule has 0 fully saturated rings. The van der Waals surface area contributed by atoms with Crippen molar-refractivity contribution in [1.29, 1.82) is 0 Å². The number of para-hydroxylation sites is 1. The minimum Gasteiger partial charge on any atom is -0.452 e. The van der Waals surface area contributed by atoms with Crippen LogP contribution in [0, 0.1) is 10.1 Å². The zero-order chi connectivity index (χ0) is 20.3. The molecule has 0 aromatic heterocycles. The highest BCUT2D eigenvalue weighted by atomic mass is 32.2. The molecule has 2 N–H and O–H groups in total. The first-order valence-electron chi connectivity index (χ1n) is 8.64. The molecule has 0 bridgehead atoms. The molecule has 2 aromatic carbocycles. The Balaban J connectivity index is 1.73. The highest BCUT2D eigenvalue weighted by Gasteiger charge is 2.25. The molecule has 9 heteroatoms. The normalized spacial score (nSPS) is 16.0. The molecule has 8 nitrogen and oxygen atoms in total. The fourth-order valence-corrected chi connectivity index (χ4v) is 3.98. The van der Waals surface area contributed by atoms with Crippen molar-refractivity contribution in [3.8, 4) is 0 Å². The maximum absolute atomic E-state index is 12.7. The summed E-state index contributed by atoms with van der Waals surface area (Å²) in [5.74, 6) is -1.24. The zero-order valence-corrected chi connectivity index (χ0v) is 16.0. The number of esters is 1. The van der Waals surface area contributed by atoms with Crippen LogP contribution >= 0.6 is 11.8 Å². The van der Waals surface area contributed by atoms with Crippen molar-refractivity contribution in [3.05, 3.63) is 58.1 Å². The van der Waals surface area contributed by atoms with Crippen LogP contribution in [0.2, 0.25) is 0 Å². The molecular formula is C19H19N3O5S. The van der Waals surface area contributed by atoms with Gasteiger partial charge in [0.05, 0.1) is 16.2 Å². The molecule has 2 aromatic rings. The molecule has 0 spiro atoms. The van der Waals surface area contributed by atoms with Gasteiger partial charge in [-0.2, -0.15) is 0 Å². The topological polar surface area (TPSA) is 116 Å². The molecule has 0 radical (unpaired) electrons. The lowest BCUT2D eigenvalue weighted by Crippen LogP contribution is -2.35. The van der Waals surface area contributed by atoms with E-state index in [4.69, 9.17) is 10.5 Å². The Hall–Kier alpha value is -3.07. The van der Waals surface area contributed by atoms with Gasteiger partial charge >= 0.3 is 5.97 Å². The SMILES string of the molecule is CC1CCN(C(=O)COC(=O)c2cc([N+](=O)[O-])ccc2N)c2ccccc2S1. The largest absolute Gasteiger partial charge is 0.452 e. The number of nitrogens with zero attached hydrogens (tertiary/aromatic N) is 2. The number of nitro benzene ring substituents is 1. The van der Waals surface area contributed by atoms with Gasteiger partial charge in [-0.25, -0.2) is 4.79 Å². The number of hydrogen-bond donors (Lipinski definition) is 1. The molecule has 28 heavy (non-hydrogen) atoms. The van der Waals surface area contributed by atoms with E-state index < -0.39 is 17.5 Å². The highest BCUT2D eigenvalue weighted by molar-refractivity contribution is 8.00. The number of rotatable bonds is 4. The molecule has 0 saturated heterocycles. The van der Waals surface area contributed by atoms with Gasteiger partial charge in [0.25, 0.3) is 11.6 Å². The molecule has 1 amide bonds. The highest BCUT2D eigenvalue weighted by Crippen LogP contribution is 2.37. The van der Waals surface area contributed by atoms with E-state index in [1.807, 2.05) is 24.3 Å². The second-order valence-corrected chi connectivity index (χ2v) is 7.82. The predicted molar refractivity (Wildman–Crippen MR) is 107 cm³/mol. The lowest BCUT2D eigenvalue weighted by molar-refractivity contribution is -0.384. The van der Waals surface area contributed by atoms with E-state index >= 15 is 0 Å². The summed E-state index contributed by atoms with van der Waals surface area (Å²) in [6.45, 7) is 2.13. The number of nitrogen functional groups attached to an aromatic ring is 1. The van der Waals surface area contributed by atoms with Crippen LogP contribution in [0.1, 0.15) is 23.7 Å².